The topological polar surface area (TPSA) is 55.2 Å². The third-order valence-electron chi connectivity index (χ3n) is 2.89. The number of rotatable bonds is 5. The molecule has 0 spiro atoms. The Bertz CT molecular complexity index is 654. The van der Waals surface area contributed by atoms with Gasteiger partial charge in [0, 0.05) is 23.2 Å². The van der Waals surface area contributed by atoms with Gasteiger partial charge in [-0.3, -0.25) is 10.1 Å². The Kier molecular flexibility index (Phi) is 5.28. The minimum Gasteiger partial charge on any atom is -0.382 e. The van der Waals surface area contributed by atoms with Gasteiger partial charge in [0.05, 0.1) is 20.7 Å². The number of anilines is 1. The summed E-state index contributed by atoms with van der Waals surface area (Å²) in [5.41, 5.74) is 1.32. The molecule has 2 aromatic rings. The van der Waals surface area contributed by atoms with Gasteiger partial charge in [0.15, 0.2) is 0 Å². The monoisotopic (exact) mass is 344 g/mol. The summed E-state index contributed by atoms with van der Waals surface area (Å²) >= 11 is 18.0. The second-order valence-electron chi connectivity index (χ2n) is 4.31. The van der Waals surface area contributed by atoms with Crippen LogP contribution >= 0.6 is 34.8 Å². The van der Waals surface area contributed by atoms with Crippen molar-refractivity contribution in [3.63, 3.8) is 0 Å². The highest BCUT2D eigenvalue weighted by molar-refractivity contribution is 6.41. The fourth-order valence-corrected chi connectivity index (χ4v) is 2.88. The predicted molar refractivity (Wildman–Crippen MR) is 86.8 cm³/mol. The van der Waals surface area contributed by atoms with Crippen LogP contribution in [0.3, 0.4) is 0 Å². The molecule has 0 fully saturated rings. The molecule has 1 N–H and O–H groups in total. The lowest BCUT2D eigenvalue weighted by Crippen LogP contribution is -2.07. The van der Waals surface area contributed by atoms with E-state index in [0.717, 1.165) is 0 Å². The Labute approximate surface area is 136 Å². The maximum absolute atomic E-state index is 10.9. The molecule has 0 saturated carbocycles. The molecule has 110 valence electrons. The molecular formula is C14H11Cl3N2O2. The van der Waals surface area contributed by atoms with Crippen LogP contribution in [-0.2, 0) is 6.42 Å². The average molecular weight is 346 g/mol. The SMILES string of the molecule is O=[N+]([O-])c1ccccc1CCNc1c(Cl)cc(Cl)cc1Cl. The normalized spacial score (nSPS) is 10.4. The third-order valence-corrected chi connectivity index (χ3v) is 3.71. The van der Waals surface area contributed by atoms with Crippen LogP contribution in [0.2, 0.25) is 15.1 Å². The highest BCUT2D eigenvalue weighted by Gasteiger charge is 2.12. The summed E-state index contributed by atoms with van der Waals surface area (Å²) in [5.74, 6) is 0. The summed E-state index contributed by atoms with van der Waals surface area (Å²) in [6.07, 6.45) is 0.479. The first-order valence-corrected chi connectivity index (χ1v) is 7.23. The lowest BCUT2D eigenvalue weighted by molar-refractivity contribution is -0.385. The third kappa shape index (κ3) is 4.00. The molecule has 7 heteroatoms. The van der Waals surface area contributed by atoms with Crippen LogP contribution in [0.1, 0.15) is 5.56 Å². The molecule has 0 saturated heterocycles. The molecule has 21 heavy (non-hydrogen) atoms. The summed E-state index contributed by atoms with van der Waals surface area (Å²) in [5, 5.41) is 15.3. The molecule has 0 bridgehead atoms. The number of hydrogen-bond acceptors (Lipinski definition) is 3. The standard InChI is InChI=1S/C14H11Cl3N2O2/c15-10-7-11(16)14(12(17)8-10)18-6-5-9-3-1-2-4-13(9)19(20)21/h1-4,7-8,18H,5-6H2. The largest absolute Gasteiger partial charge is 0.382 e. The van der Waals surface area contributed by atoms with Gasteiger partial charge in [0.1, 0.15) is 0 Å². The second kappa shape index (κ2) is 6.98. The Balaban J connectivity index is 2.08. The van der Waals surface area contributed by atoms with Gasteiger partial charge in [-0.15, -0.1) is 0 Å². The van der Waals surface area contributed by atoms with Gasteiger partial charge >= 0.3 is 0 Å². The molecule has 0 radical (unpaired) electrons. The maximum atomic E-state index is 10.9. The first kappa shape index (κ1) is 15.9. The van der Waals surface area contributed by atoms with Crippen LogP contribution in [0.5, 0.6) is 0 Å². The van der Waals surface area contributed by atoms with Gasteiger partial charge in [0.2, 0.25) is 0 Å². The number of nitro benzene ring substituents is 1. The van der Waals surface area contributed by atoms with E-state index in [1.165, 1.54) is 6.07 Å². The number of nitro groups is 1. The van der Waals surface area contributed by atoms with E-state index >= 15 is 0 Å². The first-order valence-electron chi connectivity index (χ1n) is 6.09. The van der Waals surface area contributed by atoms with Crippen molar-refractivity contribution in [1.29, 1.82) is 0 Å². The molecule has 0 unspecified atom stereocenters. The molecular weight excluding hydrogens is 335 g/mol. The number of nitrogens with one attached hydrogen (secondary N) is 1. The van der Waals surface area contributed by atoms with Crippen LogP contribution in [0.15, 0.2) is 36.4 Å². The molecule has 0 heterocycles. The average Bonchev–Trinajstić information content (AvgIpc) is 2.42. The Morgan fingerprint density at radius 3 is 2.33 bits per heavy atom. The van der Waals surface area contributed by atoms with E-state index in [2.05, 4.69) is 5.32 Å². The first-order chi connectivity index (χ1) is 9.99. The van der Waals surface area contributed by atoms with E-state index in [-0.39, 0.29) is 5.69 Å². The van der Waals surface area contributed by atoms with Crippen molar-refractivity contribution < 1.29 is 4.92 Å². The fraction of sp³-hybridized carbons (Fsp3) is 0.143. The highest BCUT2D eigenvalue weighted by atomic mass is 35.5. The maximum Gasteiger partial charge on any atom is 0.272 e. The minimum atomic E-state index is -0.391. The van der Waals surface area contributed by atoms with Crippen LogP contribution < -0.4 is 5.32 Å². The summed E-state index contributed by atoms with van der Waals surface area (Å²) in [4.78, 5) is 10.5. The van der Waals surface area contributed by atoms with Crippen LogP contribution in [0.25, 0.3) is 0 Å². The van der Waals surface area contributed by atoms with Crippen molar-refractivity contribution in [2.45, 2.75) is 6.42 Å². The number of benzene rings is 2. The van der Waals surface area contributed by atoms with Crippen LogP contribution in [-0.4, -0.2) is 11.5 Å². The van der Waals surface area contributed by atoms with E-state index in [0.29, 0.717) is 39.3 Å². The van der Waals surface area contributed by atoms with Crippen LogP contribution in [0.4, 0.5) is 11.4 Å². The van der Waals surface area contributed by atoms with Crippen molar-refractivity contribution >= 4 is 46.2 Å². The molecule has 0 amide bonds. The van der Waals surface area contributed by atoms with Crippen molar-refractivity contribution in [1.82, 2.24) is 0 Å². The van der Waals surface area contributed by atoms with Crippen LogP contribution in [0, 0.1) is 10.1 Å². The van der Waals surface area contributed by atoms with E-state index < -0.39 is 4.92 Å². The summed E-state index contributed by atoms with van der Waals surface area (Å²) in [6, 6.07) is 9.79. The van der Waals surface area contributed by atoms with E-state index in [1.54, 1.807) is 30.3 Å². The smallest absolute Gasteiger partial charge is 0.272 e. The van der Waals surface area contributed by atoms with Crippen molar-refractivity contribution in [3.8, 4) is 0 Å². The quantitative estimate of drug-likeness (QED) is 0.598. The molecule has 0 aromatic heterocycles. The zero-order valence-electron chi connectivity index (χ0n) is 10.8. The van der Waals surface area contributed by atoms with Gasteiger partial charge in [-0.05, 0) is 18.6 Å². The lowest BCUT2D eigenvalue weighted by Gasteiger charge is -2.11. The molecule has 4 nitrogen and oxygen atoms in total. The van der Waals surface area contributed by atoms with Gasteiger partial charge in [-0.25, -0.2) is 0 Å². The second-order valence-corrected chi connectivity index (χ2v) is 5.56. The van der Waals surface area contributed by atoms with E-state index in [1.807, 2.05) is 0 Å². The summed E-state index contributed by atoms with van der Waals surface area (Å²) in [6.45, 7) is 0.464. The fourth-order valence-electron chi connectivity index (χ4n) is 1.93. The lowest BCUT2D eigenvalue weighted by atomic mass is 10.1. The molecule has 2 rings (SSSR count). The summed E-state index contributed by atoms with van der Waals surface area (Å²) < 4.78 is 0. The number of hydrogen-bond donors (Lipinski definition) is 1. The van der Waals surface area contributed by atoms with Gasteiger partial charge in [-0.2, -0.15) is 0 Å². The molecule has 0 aliphatic heterocycles. The Morgan fingerprint density at radius 1 is 1.10 bits per heavy atom. The van der Waals surface area contributed by atoms with Crippen molar-refractivity contribution in [2.24, 2.45) is 0 Å². The predicted octanol–water partition coefficient (Wildman–Crippen LogP) is 5.21. The molecule has 0 atom stereocenters. The van der Waals surface area contributed by atoms with E-state index in [9.17, 15) is 10.1 Å². The Morgan fingerprint density at radius 2 is 1.71 bits per heavy atom. The summed E-state index contributed by atoms with van der Waals surface area (Å²) in [7, 11) is 0. The van der Waals surface area contributed by atoms with Gasteiger partial charge in [-0.1, -0.05) is 53.0 Å². The minimum absolute atomic E-state index is 0.104. The highest BCUT2D eigenvalue weighted by Crippen LogP contribution is 2.33. The Hall–Kier alpha value is -1.49. The zero-order valence-corrected chi connectivity index (χ0v) is 13.0. The van der Waals surface area contributed by atoms with Gasteiger partial charge < -0.3 is 5.32 Å². The number of halogens is 3. The molecule has 0 aliphatic carbocycles. The van der Waals surface area contributed by atoms with Crippen molar-refractivity contribution in [3.05, 3.63) is 67.1 Å². The molecule has 0 aliphatic rings. The van der Waals surface area contributed by atoms with Gasteiger partial charge in [0.25, 0.3) is 5.69 Å². The molecule has 2 aromatic carbocycles. The zero-order chi connectivity index (χ0) is 15.4. The number of para-hydroxylation sites is 1. The number of nitrogens with zero attached hydrogens (tertiary/aromatic N) is 1. The van der Waals surface area contributed by atoms with E-state index in [4.69, 9.17) is 34.8 Å². The van der Waals surface area contributed by atoms with Crippen molar-refractivity contribution in [2.75, 3.05) is 11.9 Å².